The molecule has 1 aliphatic rings. The molecule has 1 atom stereocenters. The third-order valence-electron chi connectivity index (χ3n) is 3.74. The van der Waals surface area contributed by atoms with Crippen LogP contribution in [0.15, 0.2) is 32.5 Å². The number of rotatable bonds is 2. The lowest BCUT2D eigenvalue weighted by atomic mass is 9.85. The minimum atomic E-state index is -0.515. The van der Waals surface area contributed by atoms with Gasteiger partial charge in [0.1, 0.15) is 0 Å². The lowest BCUT2D eigenvalue weighted by Gasteiger charge is -2.17. The van der Waals surface area contributed by atoms with Gasteiger partial charge >= 0.3 is 0 Å². The predicted octanol–water partition coefficient (Wildman–Crippen LogP) is 5.83. The van der Waals surface area contributed by atoms with Crippen LogP contribution in [0.4, 0.5) is 5.69 Å². The molecule has 21 heavy (non-hydrogen) atoms. The number of carbonyl (C=O) groups excluding carboxylic acids is 1. The van der Waals surface area contributed by atoms with Crippen molar-refractivity contribution >= 4 is 66.4 Å². The first kappa shape index (κ1) is 15.5. The van der Waals surface area contributed by atoms with E-state index in [2.05, 4.69) is 37.2 Å². The van der Waals surface area contributed by atoms with Gasteiger partial charge in [-0.25, -0.2) is 0 Å². The Kier molecular flexibility index (Phi) is 3.97. The molecular weight excluding hydrogens is 437 g/mol. The van der Waals surface area contributed by atoms with Gasteiger partial charge in [0.15, 0.2) is 0 Å². The highest BCUT2D eigenvalue weighted by Crippen LogP contribution is 2.43. The van der Waals surface area contributed by atoms with E-state index in [0.717, 1.165) is 30.0 Å². The molecule has 1 aromatic heterocycles. The third-order valence-corrected chi connectivity index (χ3v) is 7.68. The monoisotopic (exact) mass is 447 g/mol. The second kappa shape index (κ2) is 5.37. The Balaban J connectivity index is 2.02. The van der Waals surface area contributed by atoms with Crippen molar-refractivity contribution in [3.05, 3.63) is 48.5 Å². The summed E-state index contributed by atoms with van der Waals surface area (Å²) in [5.74, 6) is 0.0300. The van der Waals surface area contributed by atoms with Crippen molar-refractivity contribution in [2.24, 2.45) is 0 Å². The number of carbonyl (C=O) groups is 1. The van der Waals surface area contributed by atoms with Crippen molar-refractivity contribution in [3.8, 4) is 0 Å². The Hall–Kier alpha value is -0.360. The molecule has 1 aliphatic heterocycles. The Morgan fingerprint density at radius 2 is 2.00 bits per heavy atom. The maximum atomic E-state index is 12.0. The molecule has 0 aliphatic carbocycles. The fourth-order valence-electron chi connectivity index (χ4n) is 2.40. The van der Waals surface area contributed by atoms with E-state index in [4.69, 9.17) is 11.6 Å². The van der Waals surface area contributed by atoms with E-state index in [1.54, 1.807) is 11.3 Å². The number of hydrogen-bond acceptors (Lipinski definition) is 2. The van der Waals surface area contributed by atoms with Crippen LogP contribution in [-0.2, 0) is 10.2 Å². The van der Waals surface area contributed by atoms with E-state index >= 15 is 0 Å². The Morgan fingerprint density at radius 1 is 1.29 bits per heavy atom. The first-order chi connectivity index (χ1) is 9.80. The third kappa shape index (κ3) is 2.58. The molecule has 110 valence electrons. The van der Waals surface area contributed by atoms with Crippen LogP contribution in [0.3, 0.4) is 0 Å². The molecule has 1 aromatic carbocycles. The first-order valence-corrected chi connectivity index (χ1v) is 9.19. The molecule has 0 bridgehead atoms. The highest BCUT2D eigenvalue weighted by atomic mass is 79.9. The lowest BCUT2D eigenvalue weighted by molar-refractivity contribution is -0.119. The molecule has 0 saturated heterocycles. The molecule has 2 aromatic rings. The average molecular weight is 450 g/mol. The zero-order valence-corrected chi connectivity index (χ0v) is 16.1. The minimum absolute atomic E-state index is 0.0300. The number of anilines is 1. The van der Waals surface area contributed by atoms with E-state index in [9.17, 15) is 4.79 Å². The van der Waals surface area contributed by atoms with Crippen molar-refractivity contribution in [3.63, 3.8) is 0 Å². The van der Waals surface area contributed by atoms with Gasteiger partial charge in [-0.15, -0.1) is 22.9 Å². The summed E-state index contributed by atoms with van der Waals surface area (Å²) < 4.78 is 2.04. The van der Waals surface area contributed by atoms with Crippen molar-refractivity contribution < 1.29 is 4.79 Å². The Morgan fingerprint density at radius 3 is 2.62 bits per heavy atom. The quantitative estimate of drug-likeness (QED) is 0.574. The van der Waals surface area contributed by atoms with E-state index in [0.29, 0.717) is 0 Å². The summed E-state index contributed by atoms with van der Waals surface area (Å²) >= 11 is 15.2. The van der Waals surface area contributed by atoms with Crippen LogP contribution in [0.25, 0.3) is 0 Å². The van der Waals surface area contributed by atoms with Gasteiger partial charge in [0.2, 0.25) is 5.91 Å². The molecule has 2 nitrogen and oxygen atoms in total. The summed E-state index contributed by atoms with van der Waals surface area (Å²) in [7, 11) is 0. The highest BCUT2D eigenvalue weighted by Gasteiger charge is 2.38. The van der Waals surface area contributed by atoms with Crippen LogP contribution in [-0.4, -0.2) is 5.91 Å². The fraction of sp³-hybridized carbons (Fsp3) is 0.267. The van der Waals surface area contributed by atoms with Gasteiger partial charge in [-0.3, -0.25) is 4.79 Å². The van der Waals surface area contributed by atoms with Crippen LogP contribution in [0.1, 0.15) is 35.2 Å². The van der Waals surface area contributed by atoms with Gasteiger partial charge in [-0.1, -0.05) is 12.1 Å². The Bertz CT molecular complexity index is 722. The SMILES string of the molecule is CC1(C)C(=O)Nc2ccc(C(Cl)c3cc(Br)c(Br)s3)cc21. The molecule has 1 N–H and O–H groups in total. The van der Waals surface area contributed by atoms with Crippen molar-refractivity contribution in [2.75, 3.05) is 5.32 Å². The first-order valence-electron chi connectivity index (χ1n) is 6.35. The van der Waals surface area contributed by atoms with Crippen LogP contribution < -0.4 is 5.32 Å². The van der Waals surface area contributed by atoms with Gasteiger partial charge < -0.3 is 5.32 Å². The molecule has 1 unspecified atom stereocenters. The highest BCUT2D eigenvalue weighted by molar-refractivity contribution is 9.13. The van der Waals surface area contributed by atoms with Crippen molar-refractivity contribution in [2.45, 2.75) is 24.6 Å². The van der Waals surface area contributed by atoms with Crippen LogP contribution in [0.5, 0.6) is 0 Å². The average Bonchev–Trinajstić information content (AvgIpc) is 2.88. The molecule has 0 spiro atoms. The normalized spacial score (nSPS) is 17.5. The summed E-state index contributed by atoms with van der Waals surface area (Å²) in [5.41, 5.74) is 2.37. The smallest absolute Gasteiger partial charge is 0.234 e. The maximum Gasteiger partial charge on any atom is 0.234 e. The number of alkyl halides is 1. The Labute approximate surface area is 149 Å². The number of fused-ring (bicyclic) bond motifs is 1. The minimum Gasteiger partial charge on any atom is -0.325 e. The van der Waals surface area contributed by atoms with Crippen molar-refractivity contribution in [1.82, 2.24) is 0 Å². The number of halogens is 3. The van der Waals surface area contributed by atoms with Gasteiger partial charge in [0, 0.05) is 15.0 Å². The molecule has 2 heterocycles. The van der Waals surface area contributed by atoms with E-state index in [1.165, 1.54) is 0 Å². The molecular formula is C15H12Br2ClNOS. The molecule has 0 radical (unpaired) electrons. The molecule has 6 heteroatoms. The second-order valence-electron chi connectivity index (χ2n) is 5.52. The summed E-state index contributed by atoms with van der Waals surface area (Å²) in [4.78, 5) is 13.1. The summed E-state index contributed by atoms with van der Waals surface area (Å²) in [6.07, 6.45) is 0. The standard InChI is InChI=1S/C15H12Br2ClNOS/c1-15(2)8-5-7(3-4-10(8)19-14(15)20)12(18)11-6-9(16)13(17)21-11/h3-6,12H,1-2H3,(H,19,20). The second-order valence-corrected chi connectivity index (χ2v) is 9.21. The van der Waals surface area contributed by atoms with E-state index in [-0.39, 0.29) is 11.3 Å². The van der Waals surface area contributed by atoms with Crippen LogP contribution in [0, 0.1) is 0 Å². The molecule has 0 fully saturated rings. The predicted molar refractivity (Wildman–Crippen MR) is 95.5 cm³/mol. The number of benzene rings is 1. The van der Waals surface area contributed by atoms with Gasteiger partial charge in [-0.2, -0.15) is 0 Å². The topological polar surface area (TPSA) is 29.1 Å². The van der Waals surface area contributed by atoms with Gasteiger partial charge in [0.25, 0.3) is 0 Å². The van der Waals surface area contributed by atoms with Gasteiger partial charge in [0.05, 0.1) is 14.6 Å². The largest absolute Gasteiger partial charge is 0.325 e. The summed E-state index contributed by atoms with van der Waals surface area (Å²) in [5, 5.41) is 2.68. The zero-order valence-electron chi connectivity index (χ0n) is 11.3. The fourth-order valence-corrected chi connectivity index (χ4v) is 4.83. The number of amides is 1. The lowest BCUT2D eigenvalue weighted by Crippen LogP contribution is -2.26. The van der Waals surface area contributed by atoms with Crippen molar-refractivity contribution in [1.29, 1.82) is 0 Å². The van der Waals surface area contributed by atoms with E-state index in [1.807, 2.05) is 38.1 Å². The maximum absolute atomic E-state index is 12.0. The van der Waals surface area contributed by atoms with E-state index < -0.39 is 5.41 Å². The summed E-state index contributed by atoms with van der Waals surface area (Å²) in [6, 6.07) is 7.96. The number of nitrogens with one attached hydrogen (secondary N) is 1. The summed E-state index contributed by atoms with van der Waals surface area (Å²) in [6.45, 7) is 3.86. The molecule has 1 amide bonds. The number of thiophene rings is 1. The van der Waals surface area contributed by atoms with Crippen LogP contribution >= 0.6 is 54.8 Å². The molecule has 0 saturated carbocycles. The van der Waals surface area contributed by atoms with Crippen LogP contribution in [0.2, 0.25) is 0 Å². The van der Waals surface area contributed by atoms with Gasteiger partial charge in [-0.05, 0) is 69.0 Å². The zero-order chi connectivity index (χ0) is 15.4. The number of hydrogen-bond donors (Lipinski definition) is 1. The molecule has 3 rings (SSSR count).